The van der Waals surface area contributed by atoms with E-state index in [0.29, 0.717) is 12.3 Å². The van der Waals surface area contributed by atoms with Gasteiger partial charge in [0.1, 0.15) is 0 Å². The van der Waals surface area contributed by atoms with Crippen molar-refractivity contribution in [2.45, 2.75) is 52.6 Å². The molecule has 0 spiro atoms. The highest BCUT2D eigenvalue weighted by Gasteiger charge is 2.37. The van der Waals surface area contributed by atoms with Crippen LogP contribution < -0.4 is 0 Å². The van der Waals surface area contributed by atoms with Gasteiger partial charge >= 0.3 is 0 Å². The SMILES string of the molecule is CCC(C)(C)C1CCC(OOC)C(=O)C1. The molecule has 1 rings (SSSR count). The zero-order valence-corrected chi connectivity index (χ0v) is 10.2. The normalized spacial score (nSPS) is 28.1. The van der Waals surface area contributed by atoms with E-state index in [2.05, 4.69) is 25.7 Å². The van der Waals surface area contributed by atoms with Gasteiger partial charge in [0.25, 0.3) is 0 Å². The Labute approximate surface area is 92.1 Å². The van der Waals surface area contributed by atoms with Crippen molar-refractivity contribution in [3.63, 3.8) is 0 Å². The summed E-state index contributed by atoms with van der Waals surface area (Å²) in [4.78, 5) is 21.3. The molecule has 0 amide bonds. The number of Topliss-reactive ketones (excluding diaryl/α,β-unsaturated/α-hetero) is 1. The number of hydrogen-bond donors (Lipinski definition) is 0. The Bertz CT molecular complexity index is 223. The van der Waals surface area contributed by atoms with Crippen LogP contribution in [0.1, 0.15) is 46.5 Å². The predicted octanol–water partition coefficient (Wildman–Crippen LogP) is 2.74. The zero-order chi connectivity index (χ0) is 11.5. The minimum Gasteiger partial charge on any atom is -0.297 e. The Morgan fingerprint density at radius 1 is 1.40 bits per heavy atom. The van der Waals surface area contributed by atoms with Crippen molar-refractivity contribution in [2.24, 2.45) is 11.3 Å². The van der Waals surface area contributed by atoms with Crippen molar-refractivity contribution in [3.05, 3.63) is 0 Å². The van der Waals surface area contributed by atoms with Crippen LogP contribution >= 0.6 is 0 Å². The standard InChI is InChI=1S/C12H22O3/c1-5-12(2,3)9-6-7-11(15-14-4)10(13)8-9/h9,11H,5-8H2,1-4H3. The van der Waals surface area contributed by atoms with Crippen LogP contribution in [0.3, 0.4) is 0 Å². The summed E-state index contributed by atoms with van der Waals surface area (Å²) in [5.41, 5.74) is 0.258. The minimum atomic E-state index is -0.334. The quantitative estimate of drug-likeness (QED) is 0.533. The smallest absolute Gasteiger partial charge is 0.165 e. The number of carbonyl (C=O) groups excluding carboxylic acids is 1. The molecular formula is C12H22O3. The van der Waals surface area contributed by atoms with Gasteiger partial charge in [-0.15, -0.1) is 0 Å². The van der Waals surface area contributed by atoms with E-state index in [1.807, 2.05) is 0 Å². The Kier molecular flexibility index (Phi) is 4.29. The molecule has 0 aromatic heterocycles. The van der Waals surface area contributed by atoms with E-state index in [1.165, 1.54) is 7.11 Å². The first kappa shape index (κ1) is 12.7. The molecule has 1 aliphatic carbocycles. The Balaban J connectivity index is 2.54. The van der Waals surface area contributed by atoms with Crippen LogP contribution in [-0.4, -0.2) is 19.0 Å². The highest BCUT2D eigenvalue weighted by molar-refractivity contribution is 5.84. The Morgan fingerprint density at radius 2 is 2.07 bits per heavy atom. The van der Waals surface area contributed by atoms with Crippen LogP contribution in [-0.2, 0) is 14.6 Å². The second kappa shape index (κ2) is 5.08. The molecule has 3 heteroatoms. The third-order valence-electron chi connectivity index (χ3n) is 3.81. The molecule has 1 fully saturated rings. The number of ketones is 1. The molecule has 2 atom stereocenters. The molecule has 0 aromatic carbocycles. The predicted molar refractivity (Wildman–Crippen MR) is 58.3 cm³/mol. The van der Waals surface area contributed by atoms with E-state index in [-0.39, 0.29) is 17.3 Å². The molecule has 2 unspecified atom stereocenters. The van der Waals surface area contributed by atoms with Gasteiger partial charge in [0.05, 0.1) is 7.11 Å². The zero-order valence-electron chi connectivity index (χ0n) is 10.2. The van der Waals surface area contributed by atoms with E-state index >= 15 is 0 Å². The van der Waals surface area contributed by atoms with E-state index < -0.39 is 0 Å². The lowest BCUT2D eigenvalue weighted by Gasteiger charge is -2.37. The molecule has 1 aliphatic rings. The highest BCUT2D eigenvalue weighted by Crippen LogP contribution is 2.39. The maximum atomic E-state index is 11.8. The van der Waals surface area contributed by atoms with Gasteiger partial charge in [-0.25, -0.2) is 9.78 Å². The first-order valence-corrected chi connectivity index (χ1v) is 5.73. The lowest BCUT2D eigenvalue weighted by Crippen LogP contribution is -2.37. The van der Waals surface area contributed by atoms with Gasteiger partial charge in [-0.2, -0.15) is 0 Å². The van der Waals surface area contributed by atoms with Crippen molar-refractivity contribution < 1.29 is 14.6 Å². The third-order valence-corrected chi connectivity index (χ3v) is 3.81. The third kappa shape index (κ3) is 3.02. The molecule has 1 saturated carbocycles. The molecular weight excluding hydrogens is 192 g/mol. The van der Waals surface area contributed by atoms with Gasteiger partial charge in [0, 0.05) is 6.42 Å². The second-order valence-electron chi connectivity index (χ2n) is 5.04. The van der Waals surface area contributed by atoms with Gasteiger partial charge in [0.2, 0.25) is 0 Å². The number of rotatable bonds is 4. The fourth-order valence-corrected chi connectivity index (χ4v) is 2.16. The van der Waals surface area contributed by atoms with Gasteiger partial charge in [0.15, 0.2) is 11.9 Å². The summed E-state index contributed by atoms with van der Waals surface area (Å²) >= 11 is 0. The van der Waals surface area contributed by atoms with Crippen LogP contribution in [0.15, 0.2) is 0 Å². The van der Waals surface area contributed by atoms with Crippen molar-refractivity contribution in [3.8, 4) is 0 Å². The Morgan fingerprint density at radius 3 is 2.53 bits per heavy atom. The van der Waals surface area contributed by atoms with E-state index in [0.717, 1.165) is 19.3 Å². The summed E-state index contributed by atoms with van der Waals surface area (Å²) in [5.74, 6) is 0.682. The van der Waals surface area contributed by atoms with Gasteiger partial charge < -0.3 is 0 Å². The van der Waals surface area contributed by atoms with Crippen LogP contribution in [0.4, 0.5) is 0 Å². The summed E-state index contributed by atoms with van der Waals surface area (Å²) in [7, 11) is 1.45. The molecule has 0 saturated heterocycles. The largest absolute Gasteiger partial charge is 0.297 e. The maximum absolute atomic E-state index is 11.8. The summed E-state index contributed by atoms with van der Waals surface area (Å²) in [6, 6.07) is 0. The van der Waals surface area contributed by atoms with Crippen LogP contribution in [0.5, 0.6) is 0 Å². The number of carbonyl (C=O) groups is 1. The average molecular weight is 214 g/mol. The van der Waals surface area contributed by atoms with Crippen molar-refractivity contribution in [1.29, 1.82) is 0 Å². The highest BCUT2D eigenvalue weighted by atomic mass is 17.2. The van der Waals surface area contributed by atoms with Gasteiger partial charge in [-0.05, 0) is 24.2 Å². The molecule has 0 heterocycles. The van der Waals surface area contributed by atoms with Crippen LogP contribution in [0.2, 0.25) is 0 Å². The molecule has 3 nitrogen and oxygen atoms in total. The summed E-state index contributed by atoms with van der Waals surface area (Å²) in [6.07, 6.45) is 3.26. The van der Waals surface area contributed by atoms with Crippen molar-refractivity contribution >= 4 is 5.78 Å². The van der Waals surface area contributed by atoms with E-state index in [1.54, 1.807) is 0 Å². The topological polar surface area (TPSA) is 35.5 Å². The fourth-order valence-electron chi connectivity index (χ4n) is 2.16. The maximum Gasteiger partial charge on any atom is 0.165 e. The fraction of sp³-hybridized carbons (Fsp3) is 0.917. The molecule has 0 aromatic rings. The monoisotopic (exact) mass is 214 g/mol. The van der Waals surface area contributed by atoms with E-state index in [4.69, 9.17) is 4.89 Å². The lowest BCUT2D eigenvalue weighted by molar-refractivity contribution is -0.300. The molecule has 0 aliphatic heterocycles. The number of hydrogen-bond acceptors (Lipinski definition) is 3. The van der Waals surface area contributed by atoms with Gasteiger partial charge in [-0.1, -0.05) is 27.2 Å². The van der Waals surface area contributed by atoms with Crippen molar-refractivity contribution in [1.82, 2.24) is 0 Å². The second-order valence-corrected chi connectivity index (χ2v) is 5.04. The molecule has 0 N–H and O–H groups in total. The van der Waals surface area contributed by atoms with E-state index in [9.17, 15) is 4.79 Å². The molecule has 0 bridgehead atoms. The first-order valence-electron chi connectivity index (χ1n) is 5.73. The minimum absolute atomic E-state index is 0.189. The summed E-state index contributed by atoms with van der Waals surface area (Å²) in [6.45, 7) is 6.66. The molecule has 0 radical (unpaired) electrons. The summed E-state index contributed by atoms with van der Waals surface area (Å²) < 4.78 is 0. The average Bonchev–Trinajstić information content (AvgIpc) is 2.21. The first-order chi connectivity index (χ1) is 7.01. The summed E-state index contributed by atoms with van der Waals surface area (Å²) in [5, 5.41) is 0. The van der Waals surface area contributed by atoms with Crippen LogP contribution in [0.25, 0.3) is 0 Å². The molecule has 88 valence electrons. The lowest BCUT2D eigenvalue weighted by atomic mass is 9.69. The van der Waals surface area contributed by atoms with Gasteiger partial charge in [-0.3, -0.25) is 4.79 Å². The Hall–Kier alpha value is -0.410. The van der Waals surface area contributed by atoms with Crippen molar-refractivity contribution in [2.75, 3.05) is 7.11 Å². The van der Waals surface area contributed by atoms with Crippen LogP contribution in [0, 0.1) is 11.3 Å². The molecule has 15 heavy (non-hydrogen) atoms.